The smallest absolute Gasteiger partial charge is 0.387 e. The maximum absolute atomic E-state index is 12.4. The van der Waals surface area contributed by atoms with E-state index in [1.807, 2.05) is 0 Å². The Balaban J connectivity index is 1.87. The van der Waals surface area contributed by atoms with E-state index in [2.05, 4.69) is 10.1 Å². The van der Waals surface area contributed by atoms with Gasteiger partial charge in [-0.15, -0.1) is 0 Å². The molecule has 0 aromatic heterocycles. The van der Waals surface area contributed by atoms with Gasteiger partial charge in [0.15, 0.2) is 12.7 Å². The molecule has 0 heterocycles. The minimum Gasteiger partial charge on any atom is -0.482 e. The molecule has 0 saturated heterocycles. The van der Waals surface area contributed by atoms with Gasteiger partial charge in [-0.1, -0.05) is 29.8 Å². The van der Waals surface area contributed by atoms with Crippen molar-refractivity contribution in [3.63, 3.8) is 0 Å². The molecule has 0 aliphatic heterocycles. The average Bonchev–Trinajstić information content (AvgIpc) is 2.61. The van der Waals surface area contributed by atoms with Crippen molar-refractivity contribution >= 4 is 29.2 Å². The third-order valence-electron chi connectivity index (χ3n) is 3.19. The maximum Gasteiger partial charge on any atom is 0.387 e. The van der Waals surface area contributed by atoms with Gasteiger partial charge in [-0.05, 0) is 37.3 Å². The molecule has 0 fully saturated rings. The molecule has 0 bridgehead atoms. The SMILES string of the molecule is C[C@H](OC(=O)COc1cccc(Cl)c1)C(=O)Nc1ccccc1OC(F)F. The van der Waals surface area contributed by atoms with Crippen LogP contribution in [0.5, 0.6) is 11.5 Å². The van der Waals surface area contributed by atoms with E-state index in [4.69, 9.17) is 21.1 Å². The fourth-order valence-corrected chi connectivity index (χ4v) is 2.17. The maximum atomic E-state index is 12.4. The molecule has 0 aliphatic rings. The highest BCUT2D eigenvalue weighted by Gasteiger charge is 2.20. The highest BCUT2D eigenvalue weighted by molar-refractivity contribution is 6.30. The van der Waals surface area contributed by atoms with Crippen molar-refractivity contribution in [3.8, 4) is 11.5 Å². The van der Waals surface area contributed by atoms with Crippen LogP contribution in [0.25, 0.3) is 0 Å². The molecule has 2 aromatic rings. The Bertz CT molecular complexity index is 803. The fraction of sp³-hybridized carbons (Fsp3) is 0.222. The highest BCUT2D eigenvalue weighted by Crippen LogP contribution is 2.25. The second-order valence-electron chi connectivity index (χ2n) is 5.24. The summed E-state index contributed by atoms with van der Waals surface area (Å²) in [6.45, 7) is -2.13. The van der Waals surface area contributed by atoms with Crippen LogP contribution in [0.2, 0.25) is 5.02 Å². The van der Waals surface area contributed by atoms with E-state index < -0.39 is 31.2 Å². The molecule has 0 spiro atoms. The zero-order chi connectivity index (χ0) is 19.8. The van der Waals surface area contributed by atoms with Crippen LogP contribution in [0, 0.1) is 0 Å². The Kier molecular flexibility index (Phi) is 7.36. The first-order chi connectivity index (χ1) is 12.8. The number of carbonyl (C=O) groups is 2. The summed E-state index contributed by atoms with van der Waals surface area (Å²) in [5.74, 6) is -1.33. The van der Waals surface area contributed by atoms with Crippen LogP contribution >= 0.6 is 11.6 Å². The van der Waals surface area contributed by atoms with Gasteiger partial charge >= 0.3 is 12.6 Å². The molecule has 0 aliphatic carbocycles. The van der Waals surface area contributed by atoms with Gasteiger partial charge in [-0.3, -0.25) is 4.79 Å². The Morgan fingerprint density at radius 2 is 1.89 bits per heavy atom. The third kappa shape index (κ3) is 6.74. The van der Waals surface area contributed by atoms with Crippen molar-refractivity contribution in [1.29, 1.82) is 0 Å². The van der Waals surface area contributed by atoms with Crippen LogP contribution in [0.15, 0.2) is 48.5 Å². The van der Waals surface area contributed by atoms with Gasteiger partial charge in [0.2, 0.25) is 0 Å². The van der Waals surface area contributed by atoms with E-state index in [0.29, 0.717) is 10.8 Å². The first kappa shape index (κ1) is 20.4. The third-order valence-corrected chi connectivity index (χ3v) is 3.43. The zero-order valence-corrected chi connectivity index (χ0v) is 14.9. The molecule has 9 heteroatoms. The highest BCUT2D eigenvalue weighted by atomic mass is 35.5. The number of benzene rings is 2. The molecule has 0 radical (unpaired) electrons. The lowest BCUT2D eigenvalue weighted by atomic mass is 10.2. The number of para-hydroxylation sites is 2. The van der Waals surface area contributed by atoms with Crippen molar-refractivity contribution in [2.24, 2.45) is 0 Å². The van der Waals surface area contributed by atoms with E-state index in [9.17, 15) is 18.4 Å². The van der Waals surface area contributed by atoms with Crippen LogP contribution < -0.4 is 14.8 Å². The van der Waals surface area contributed by atoms with Crippen molar-refractivity contribution in [3.05, 3.63) is 53.6 Å². The largest absolute Gasteiger partial charge is 0.482 e. The van der Waals surface area contributed by atoms with Gasteiger partial charge in [-0.25, -0.2) is 4.79 Å². The summed E-state index contributed by atoms with van der Waals surface area (Å²) in [4.78, 5) is 23.9. The summed E-state index contributed by atoms with van der Waals surface area (Å²) < 4.78 is 39.3. The number of anilines is 1. The molecule has 144 valence electrons. The monoisotopic (exact) mass is 399 g/mol. The number of amides is 1. The quantitative estimate of drug-likeness (QED) is 0.682. The molecule has 2 aromatic carbocycles. The van der Waals surface area contributed by atoms with Gasteiger partial charge in [0.25, 0.3) is 5.91 Å². The molecule has 1 atom stereocenters. The first-order valence-corrected chi connectivity index (χ1v) is 8.15. The minimum atomic E-state index is -3.04. The Morgan fingerprint density at radius 1 is 1.15 bits per heavy atom. The van der Waals surface area contributed by atoms with E-state index in [-0.39, 0.29) is 11.4 Å². The topological polar surface area (TPSA) is 73.9 Å². The van der Waals surface area contributed by atoms with Gasteiger partial charge in [0, 0.05) is 5.02 Å². The molecular weight excluding hydrogens is 384 g/mol. The van der Waals surface area contributed by atoms with Gasteiger partial charge < -0.3 is 19.5 Å². The van der Waals surface area contributed by atoms with Crippen molar-refractivity contribution in [1.82, 2.24) is 0 Å². The number of carbonyl (C=O) groups excluding carboxylic acids is 2. The van der Waals surface area contributed by atoms with E-state index in [1.165, 1.54) is 37.3 Å². The second-order valence-corrected chi connectivity index (χ2v) is 5.68. The standard InChI is InChI=1S/C18H16ClF2NO5/c1-11(26-16(23)10-25-13-6-4-5-12(19)9-13)17(24)22-14-7-2-3-8-15(14)27-18(20)21/h2-9,11,18H,10H2,1H3,(H,22,24)/t11-/m0/s1. The van der Waals surface area contributed by atoms with Crippen LogP contribution in [-0.2, 0) is 14.3 Å². The number of hydrogen-bond donors (Lipinski definition) is 1. The summed E-state index contributed by atoms with van der Waals surface area (Å²) in [7, 11) is 0. The number of nitrogens with one attached hydrogen (secondary N) is 1. The number of hydrogen-bond acceptors (Lipinski definition) is 5. The number of esters is 1. The van der Waals surface area contributed by atoms with E-state index >= 15 is 0 Å². The lowest BCUT2D eigenvalue weighted by molar-refractivity contribution is -0.155. The summed E-state index contributed by atoms with van der Waals surface area (Å²) in [6, 6.07) is 12.1. The lowest BCUT2D eigenvalue weighted by Crippen LogP contribution is -2.31. The van der Waals surface area contributed by atoms with Gasteiger partial charge in [0.1, 0.15) is 11.5 Å². The van der Waals surface area contributed by atoms with Crippen molar-refractivity contribution in [2.75, 3.05) is 11.9 Å². The fourth-order valence-electron chi connectivity index (χ4n) is 1.99. The molecule has 1 amide bonds. The summed E-state index contributed by atoms with van der Waals surface area (Å²) in [5, 5.41) is 2.81. The summed E-state index contributed by atoms with van der Waals surface area (Å²) >= 11 is 5.80. The van der Waals surface area contributed by atoms with Crippen molar-refractivity contribution < 1.29 is 32.6 Å². The first-order valence-electron chi connectivity index (χ1n) is 7.77. The predicted molar refractivity (Wildman–Crippen MR) is 94.2 cm³/mol. The molecule has 2 rings (SSSR count). The number of alkyl halides is 2. The van der Waals surface area contributed by atoms with Crippen LogP contribution in [-0.4, -0.2) is 31.2 Å². The number of rotatable bonds is 8. The molecule has 1 N–H and O–H groups in total. The summed E-state index contributed by atoms with van der Waals surface area (Å²) in [6.07, 6.45) is -1.18. The Labute approximate surface area is 159 Å². The normalized spacial score (nSPS) is 11.6. The van der Waals surface area contributed by atoms with E-state index in [1.54, 1.807) is 18.2 Å². The summed E-state index contributed by atoms with van der Waals surface area (Å²) in [5.41, 5.74) is 0.0286. The van der Waals surface area contributed by atoms with E-state index in [0.717, 1.165) is 0 Å². The molecule has 0 saturated carbocycles. The minimum absolute atomic E-state index is 0.0286. The predicted octanol–water partition coefficient (Wildman–Crippen LogP) is 3.89. The zero-order valence-electron chi connectivity index (χ0n) is 14.2. The van der Waals surface area contributed by atoms with Crippen LogP contribution in [0.1, 0.15) is 6.92 Å². The molecule has 27 heavy (non-hydrogen) atoms. The average molecular weight is 400 g/mol. The molecule has 0 unspecified atom stereocenters. The molecular formula is C18H16ClF2NO5. The second kappa shape index (κ2) is 9.72. The van der Waals surface area contributed by atoms with Crippen LogP contribution in [0.3, 0.4) is 0 Å². The number of ether oxygens (including phenoxy) is 3. The van der Waals surface area contributed by atoms with Crippen LogP contribution in [0.4, 0.5) is 14.5 Å². The Morgan fingerprint density at radius 3 is 2.59 bits per heavy atom. The van der Waals surface area contributed by atoms with Gasteiger partial charge in [-0.2, -0.15) is 8.78 Å². The lowest BCUT2D eigenvalue weighted by Gasteiger charge is -2.16. The number of halogens is 3. The van der Waals surface area contributed by atoms with Gasteiger partial charge in [0.05, 0.1) is 5.69 Å². The molecule has 6 nitrogen and oxygen atoms in total. The Hall–Kier alpha value is -2.87. The van der Waals surface area contributed by atoms with Crippen molar-refractivity contribution in [2.45, 2.75) is 19.6 Å².